The summed E-state index contributed by atoms with van der Waals surface area (Å²) in [5.74, 6) is 0.842. The van der Waals surface area contributed by atoms with Gasteiger partial charge in [0.2, 0.25) is 0 Å². The summed E-state index contributed by atoms with van der Waals surface area (Å²) in [7, 11) is 0. The van der Waals surface area contributed by atoms with E-state index in [2.05, 4.69) is 66.3 Å². The summed E-state index contributed by atoms with van der Waals surface area (Å²) < 4.78 is 1.87. The zero-order chi connectivity index (χ0) is 15.7. The van der Waals surface area contributed by atoms with Crippen LogP contribution in [0.4, 0.5) is 5.82 Å². The summed E-state index contributed by atoms with van der Waals surface area (Å²) in [6.07, 6.45) is 4.46. The molecule has 0 bridgehead atoms. The molecule has 0 spiro atoms. The van der Waals surface area contributed by atoms with Crippen molar-refractivity contribution in [3.63, 3.8) is 0 Å². The third kappa shape index (κ3) is 2.54. The molecule has 0 saturated carbocycles. The van der Waals surface area contributed by atoms with Crippen molar-refractivity contribution < 1.29 is 0 Å². The molecule has 1 atom stereocenters. The molecule has 2 heterocycles. The number of anilines is 1. The van der Waals surface area contributed by atoms with Gasteiger partial charge in [0.1, 0.15) is 12.1 Å². The summed E-state index contributed by atoms with van der Waals surface area (Å²) in [6.45, 7) is 8.50. The highest BCUT2D eigenvalue weighted by molar-refractivity contribution is 5.87. The van der Waals surface area contributed by atoms with Gasteiger partial charge in [0, 0.05) is 6.04 Å². The van der Waals surface area contributed by atoms with Crippen LogP contribution < -0.4 is 5.32 Å². The van der Waals surface area contributed by atoms with Crippen LogP contribution in [0.1, 0.15) is 31.4 Å². The van der Waals surface area contributed by atoms with Crippen molar-refractivity contribution in [1.82, 2.24) is 19.7 Å². The molecule has 2 aromatic heterocycles. The first kappa shape index (κ1) is 14.5. The van der Waals surface area contributed by atoms with Crippen LogP contribution in [0.5, 0.6) is 0 Å². The second-order valence-corrected chi connectivity index (χ2v) is 5.74. The summed E-state index contributed by atoms with van der Waals surface area (Å²) in [5, 5.41) is 8.87. The molecule has 0 fully saturated rings. The number of hydrogen-bond donors (Lipinski definition) is 1. The number of hydrogen-bond acceptors (Lipinski definition) is 4. The Morgan fingerprint density at radius 3 is 2.73 bits per heavy atom. The first-order valence-corrected chi connectivity index (χ1v) is 7.63. The lowest BCUT2D eigenvalue weighted by Crippen LogP contribution is -2.14. The molecule has 0 saturated heterocycles. The SMILES string of the molecule is CC[C@@H](C)Nc1ncnc2c1cnn2-c1ccc(C)c(C)c1. The molecule has 1 N–H and O–H groups in total. The Labute approximate surface area is 130 Å². The minimum absolute atomic E-state index is 0.364. The minimum atomic E-state index is 0.364. The van der Waals surface area contributed by atoms with Crippen LogP contribution in [0.15, 0.2) is 30.7 Å². The van der Waals surface area contributed by atoms with Crippen LogP contribution in [-0.2, 0) is 0 Å². The molecular weight excluding hydrogens is 274 g/mol. The van der Waals surface area contributed by atoms with E-state index in [9.17, 15) is 0 Å². The molecule has 0 aliphatic carbocycles. The van der Waals surface area contributed by atoms with Gasteiger partial charge in [-0.05, 0) is 50.5 Å². The van der Waals surface area contributed by atoms with Crippen LogP contribution in [0.25, 0.3) is 16.7 Å². The average molecular weight is 295 g/mol. The van der Waals surface area contributed by atoms with Gasteiger partial charge >= 0.3 is 0 Å². The molecule has 0 unspecified atom stereocenters. The molecule has 0 aliphatic rings. The van der Waals surface area contributed by atoms with Crippen molar-refractivity contribution >= 4 is 16.9 Å². The van der Waals surface area contributed by atoms with Gasteiger partial charge < -0.3 is 5.32 Å². The van der Waals surface area contributed by atoms with Crippen LogP contribution in [-0.4, -0.2) is 25.8 Å². The molecule has 3 rings (SSSR count). The van der Waals surface area contributed by atoms with E-state index in [1.54, 1.807) is 6.33 Å². The molecule has 0 aliphatic heterocycles. The minimum Gasteiger partial charge on any atom is -0.367 e. The summed E-state index contributed by atoms with van der Waals surface area (Å²) in [4.78, 5) is 8.77. The largest absolute Gasteiger partial charge is 0.367 e. The number of fused-ring (bicyclic) bond motifs is 1. The van der Waals surface area contributed by atoms with Gasteiger partial charge in [-0.2, -0.15) is 5.10 Å². The fraction of sp³-hybridized carbons (Fsp3) is 0.353. The van der Waals surface area contributed by atoms with Crippen LogP contribution >= 0.6 is 0 Å². The Hall–Kier alpha value is -2.43. The lowest BCUT2D eigenvalue weighted by atomic mass is 10.1. The van der Waals surface area contributed by atoms with E-state index in [-0.39, 0.29) is 0 Å². The second kappa shape index (κ2) is 5.75. The number of aromatic nitrogens is 4. The summed E-state index contributed by atoms with van der Waals surface area (Å²) >= 11 is 0. The van der Waals surface area contributed by atoms with Gasteiger partial charge in [-0.1, -0.05) is 13.0 Å². The van der Waals surface area contributed by atoms with E-state index < -0.39 is 0 Å². The van der Waals surface area contributed by atoms with Gasteiger partial charge in [0.15, 0.2) is 5.65 Å². The number of nitrogens with one attached hydrogen (secondary N) is 1. The van der Waals surface area contributed by atoms with Crippen molar-refractivity contribution in [2.24, 2.45) is 0 Å². The third-order valence-electron chi connectivity index (χ3n) is 4.10. The Balaban J connectivity index is 2.09. The molecule has 5 nitrogen and oxygen atoms in total. The molecule has 114 valence electrons. The topological polar surface area (TPSA) is 55.6 Å². The molecule has 22 heavy (non-hydrogen) atoms. The number of rotatable bonds is 4. The predicted octanol–water partition coefficient (Wildman–Crippen LogP) is 3.64. The maximum absolute atomic E-state index is 4.50. The van der Waals surface area contributed by atoms with Crippen molar-refractivity contribution in [3.05, 3.63) is 41.9 Å². The fourth-order valence-corrected chi connectivity index (χ4v) is 2.34. The zero-order valence-electron chi connectivity index (χ0n) is 13.5. The Morgan fingerprint density at radius 2 is 2.00 bits per heavy atom. The quantitative estimate of drug-likeness (QED) is 0.798. The van der Waals surface area contributed by atoms with E-state index in [0.29, 0.717) is 6.04 Å². The van der Waals surface area contributed by atoms with Crippen molar-refractivity contribution in [2.75, 3.05) is 5.32 Å². The van der Waals surface area contributed by atoms with Crippen LogP contribution in [0, 0.1) is 13.8 Å². The molecule has 0 amide bonds. The first-order valence-electron chi connectivity index (χ1n) is 7.63. The predicted molar refractivity (Wildman–Crippen MR) is 89.5 cm³/mol. The van der Waals surface area contributed by atoms with E-state index in [1.807, 2.05) is 10.9 Å². The van der Waals surface area contributed by atoms with Crippen molar-refractivity contribution in [1.29, 1.82) is 0 Å². The smallest absolute Gasteiger partial charge is 0.168 e. The first-order chi connectivity index (χ1) is 10.6. The standard InChI is InChI=1S/C17H21N5/c1-5-13(4)21-16-15-9-20-22(17(15)19-10-18-16)14-7-6-11(2)12(3)8-14/h6-10,13H,5H2,1-4H3,(H,18,19,21)/t13-/m1/s1. The normalized spacial score (nSPS) is 12.5. The molecule has 3 aromatic rings. The number of aryl methyl sites for hydroxylation is 2. The third-order valence-corrected chi connectivity index (χ3v) is 4.10. The van der Waals surface area contributed by atoms with E-state index in [0.717, 1.165) is 29.0 Å². The van der Waals surface area contributed by atoms with E-state index >= 15 is 0 Å². The van der Waals surface area contributed by atoms with Gasteiger partial charge in [-0.25, -0.2) is 14.6 Å². The molecule has 1 aromatic carbocycles. The summed E-state index contributed by atoms with van der Waals surface area (Å²) in [5.41, 5.74) is 4.36. The van der Waals surface area contributed by atoms with Gasteiger partial charge in [-0.3, -0.25) is 0 Å². The monoisotopic (exact) mass is 295 g/mol. The van der Waals surface area contributed by atoms with E-state index in [4.69, 9.17) is 0 Å². The Morgan fingerprint density at radius 1 is 1.18 bits per heavy atom. The van der Waals surface area contributed by atoms with Crippen LogP contribution in [0.2, 0.25) is 0 Å². The summed E-state index contributed by atoms with van der Waals surface area (Å²) in [6, 6.07) is 6.67. The van der Waals surface area contributed by atoms with Gasteiger partial charge in [0.05, 0.1) is 17.3 Å². The zero-order valence-corrected chi connectivity index (χ0v) is 13.5. The van der Waals surface area contributed by atoms with E-state index in [1.165, 1.54) is 11.1 Å². The fourth-order valence-electron chi connectivity index (χ4n) is 2.34. The Kier molecular flexibility index (Phi) is 3.79. The average Bonchev–Trinajstić information content (AvgIpc) is 2.95. The lowest BCUT2D eigenvalue weighted by molar-refractivity contribution is 0.760. The maximum Gasteiger partial charge on any atom is 0.168 e. The lowest BCUT2D eigenvalue weighted by Gasteiger charge is -2.12. The molecule has 5 heteroatoms. The second-order valence-electron chi connectivity index (χ2n) is 5.74. The van der Waals surface area contributed by atoms with Crippen molar-refractivity contribution in [2.45, 2.75) is 40.2 Å². The van der Waals surface area contributed by atoms with Crippen molar-refractivity contribution in [3.8, 4) is 5.69 Å². The van der Waals surface area contributed by atoms with Crippen LogP contribution in [0.3, 0.4) is 0 Å². The maximum atomic E-state index is 4.50. The number of benzene rings is 1. The highest BCUT2D eigenvalue weighted by Crippen LogP contribution is 2.23. The molecular formula is C17H21N5. The number of nitrogens with zero attached hydrogens (tertiary/aromatic N) is 4. The highest BCUT2D eigenvalue weighted by atomic mass is 15.3. The van der Waals surface area contributed by atoms with Gasteiger partial charge in [-0.15, -0.1) is 0 Å². The van der Waals surface area contributed by atoms with Gasteiger partial charge in [0.25, 0.3) is 0 Å². The Bertz CT molecular complexity index is 806. The molecule has 0 radical (unpaired) electrons. The highest BCUT2D eigenvalue weighted by Gasteiger charge is 2.12.